The Hall–Kier alpha value is -1.36. The first-order chi connectivity index (χ1) is 9.88. The van der Waals surface area contributed by atoms with Gasteiger partial charge in [-0.15, -0.1) is 0 Å². The molecule has 5 heteroatoms. The normalized spacial score (nSPS) is 14.9. The molecule has 2 heterocycles. The van der Waals surface area contributed by atoms with E-state index in [1.807, 2.05) is 18.7 Å². The lowest BCUT2D eigenvalue weighted by molar-refractivity contribution is -0.131. The molecule has 0 aromatic carbocycles. The average Bonchev–Trinajstić information content (AvgIpc) is 2.79. The predicted molar refractivity (Wildman–Crippen MR) is 84.3 cm³/mol. The van der Waals surface area contributed by atoms with Crippen LogP contribution in [0.15, 0.2) is 0 Å². The molecule has 1 aliphatic rings. The van der Waals surface area contributed by atoms with E-state index < -0.39 is 0 Å². The van der Waals surface area contributed by atoms with Gasteiger partial charge in [-0.25, -0.2) is 4.98 Å². The van der Waals surface area contributed by atoms with Gasteiger partial charge in [0.05, 0.1) is 5.69 Å². The van der Waals surface area contributed by atoms with Crippen LogP contribution < -0.4 is 5.32 Å². The molecule has 0 fully saturated rings. The van der Waals surface area contributed by atoms with Gasteiger partial charge in [-0.1, -0.05) is 20.8 Å². The second-order valence-electron chi connectivity index (χ2n) is 6.66. The Balaban J connectivity index is 2.37. The van der Waals surface area contributed by atoms with E-state index in [0.29, 0.717) is 6.54 Å². The molecule has 0 aliphatic carbocycles. The third-order valence-electron chi connectivity index (χ3n) is 4.07. The third-order valence-corrected chi connectivity index (χ3v) is 4.07. The van der Waals surface area contributed by atoms with Gasteiger partial charge in [0.25, 0.3) is 0 Å². The van der Waals surface area contributed by atoms with Crippen molar-refractivity contribution in [2.45, 2.75) is 59.5 Å². The lowest BCUT2D eigenvalue weighted by Gasteiger charge is -2.24. The van der Waals surface area contributed by atoms with E-state index >= 15 is 0 Å². The molecule has 1 aromatic rings. The summed E-state index contributed by atoms with van der Waals surface area (Å²) in [6, 6.07) is 0. The third kappa shape index (κ3) is 3.28. The van der Waals surface area contributed by atoms with Gasteiger partial charge in [0.15, 0.2) is 0 Å². The summed E-state index contributed by atoms with van der Waals surface area (Å²) in [4.78, 5) is 19.2. The molecule has 1 N–H and O–H groups in total. The number of aromatic nitrogens is 2. The highest BCUT2D eigenvalue weighted by molar-refractivity contribution is 5.76. The van der Waals surface area contributed by atoms with Crippen LogP contribution >= 0.6 is 0 Å². The SMILES string of the molecule is CCN(CC)C(=O)Cn1c(C(C)(C)C)nc2c1CCNC2. The maximum absolute atomic E-state index is 12.5. The molecule has 118 valence electrons. The topological polar surface area (TPSA) is 50.2 Å². The van der Waals surface area contributed by atoms with Gasteiger partial charge in [0.1, 0.15) is 12.4 Å². The number of carbonyl (C=O) groups is 1. The van der Waals surface area contributed by atoms with Crippen LogP contribution in [0.5, 0.6) is 0 Å². The zero-order valence-electron chi connectivity index (χ0n) is 14.0. The van der Waals surface area contributed by atoms with Crippen LogP contribution in [0.1, 0.15) is 51.8 Å². The fraction of sp³-hybridized carbons (Fsp3) is 0.750. The Morgan fingerprint density at radius 3 is 2.57 bits per heavy atom. The van der Waals surface area contributed by atoms with Crippen molar-refractivity contribution >= 4 is 5.91 Å². The van der Waals surface area contributed by atoms with Crippen molar-refractivity contribution in [2.24, 2.45) is 0 Å². The minimum absolute atomic E-state index is 0.0547. The summed E-state index contributed by atoms with van der Waals surface area (Å²) in [5, 5.41) is 3.36. The van der Waals surface area contributed by atoms with Crippen molar-refractivity contribution in [1.82, 2.24) is 19.8 Å². The number of likely N-dealkylation sites (N-methyl/N-ethyl adjacent to an activating group) is 1. The Labute approximate surface area is 127 Å². The Morgan fingerprint density at radius 1 is 1.33 bits per heavy atom. The summed E-state index contributed by atoms with van der Waals surface area (Å²) in [7, 11) is 0. The Kier molecular flexibility index (Phi) is 4.71. The Morgan fingerprint density at radius 2 is 2.00 bits per heavy atom. The van der Waals surface area contributed by atoms with Crippen molar-refractivity contribution in [2.75, 3.05) is 19.6 Å². The maximum Gasteiger partial charge on any atom is 0.242 e. The molecule has 21 heavy (non-hydrogen) atoms. The maximum atomic E-state index is 12.5. The largest absolute Gasteiger partial charge is 0.342 e. The van der Waals surface area contributed by atoms with E-state index in [9.17, 15) is 4.79 Å². The standard InChI is InChI=1S/C16H28N4O/c1-6-19(7-2)14(21)11-20-13-8-9-17-10-12(13)18-15(20)16(3,4)5/h17H,6-11H2,1-5H3. The van der Waals surface area contributed by atoms with Gasteiger partial charge >= 0.3 is 0 Å². The molecule has 0 atom stereocenters. The number of hydrogen-bond acceptors (Lipinski definition) is 3. The summed E-state index contributed by atoms with van der Waals surface area (Å²) in [6.45, 7) is 14.2. The molecule has 0 radical (unpaired) electrons. The highest BCUT2D eigenvalue weighted by atomic mass is 16.2. The number of hydrogen-bond donors (Lipinski definition) is 1. The van der Waals surface area contributed by atoms with Gasteiger partial charge in [0, 0.05) is 43.7 Å². The van der Waals surface area contributed by atoms with E-state index in [1.165, 1.54) is 5.69 Å². The summed E-state index contributed by atoms with van der Waals surface area (Å²) in [6.07, 6.45) is 0.948. The number of nitrogens with one attached hydrogen (secondary N) is 1. The lowest BCUT2D eigenvalue weighted by Crippen LogP contribution is -2.35. The van der Waals surface area contributed by atoms with E-state index in [2.05, 4.69) is 30.7 Å². The monoisotopic (exact) mass is 292 g/mol. The zero-order valence-corrected chi connectivity index (χ0v) is 14.0. The van der Waals surface area contributed by atoms with Crippen LogP contribution in [0, 0.1) is 0 Å². The minimum Gasteiger partial charge on any atom is -0.342 e. The fourth-order valence-electron chi connectivity index (χ4n) is 2.93. The van der Waals surface area contributed by atoms with Gasteiger partial charge in [0.2, 0.25) is 5.91 Å². The summed E-state index contributed by atoms with van der Waals surface area (Å²) < 4.78 is 2.16. The molecule has 0 saturated heterocycles. The van der Waals surface area contributed by atoms with Crippen LogP contribution in [0.2, 0.25) is 0 Å². The van der Waals surface area contributed by atoms with Crippen molar-refractivity contribution in [3.8, 4) is 0 Å². The number of imidazole rings is 1. The molecule has 0 spiro atoms. The first kappa shape index (κ1) is 16.0. The van der Waals surface area contributed by atoms with Gasteiger partial charge in [-0.05, 0) is 13.8 Å². The second kappa shape index (κ2) is 6.18. The van der Waals surface area contributed by atoms with E-state index in [1.54, 1.807) is 0 Å². The summed E-state index contributed by atoms with van der Waals surface area (Å²) in [5.74, 6) is 1.21. The highest BCUT2D eigenvalue weighted by Crippen LogP contribution is 2.26. The molecule has 1 aromatic heterocycles. The second-order valence-corrected chi connectivity index (χ2v) is 6.66. The molecule has 0 bridgehead atoms. The quantitative estimate of drug-likeness (QED) is 0.919. The number of fused-ring (bicyclic) bond motifs is 1. The Bertz CT molecular complexity index is 509. The van der Waals surface area contributed by atoms with E-state index in [4.69, 9.17) is 4.98 Å². The average molecular weight is 292 g/mol. The van der Waals surface area contributed by atoms with Crippen LogP contribution in [0.3, 0.4) is 0 Å². The van der Waals surface area contributed by atoms with Crippen molar-refractivity contribution < 1.29 is 4.79 Å². The fourth-order valence-corrected chi connectivity index (χ4v) is 2.93. The number of nitrogens with zero attached hydrogens (tertiary/aromatic N) is 3. The molecule has 5 nitrogen and oxygen atoms in total. The molecule has 0 saturated carbocycles. The van der Waals surface area contributed by atoms with Gasteiger partial charge < -0.3 is 14.8 Å². The first-order valence-electron chi connectivity index (χ1n) is 7.95. The van der Waals surface area contributed by atoms with Crippen LogP contribution in [-0.2, 0) is 29.7 Å². The number of rotatable bonds is 4. The van der Waals surface area contributed by atoms with Crippen molar-refractivity contribution in [3.05, 3.63) is 17.2 Å². The highest BCUT2D eigenvalue weighted by Gasteiger charge is 2.28. The van der Waals surface area contributed by atoms with Crippen LogP contribution in [-0.4, -0.2) is 40.0 Å². The van der Waals surface area contributed by atoms with Crippen molar-refractivity contribution in [1.29, 1.82) is 0 Å². The number of amides is 1. The molecule has 1 aliphatic heterocycles. The lowest BCUT2D eigenvalue weighted by atomic mass is 9.95. The first-order valence-corrected chi connectivity index (χ1v) is 7.95. The predicted octanol–water partition coefficient (Wildman–Crippen LogP) is 1.69. The zero-order chi connectivity index (χ0) is 15.6. The van der Waals surface area contributed by atoms with Gasteiger partial charge in [-0.3, -0.25) is 4.79 Å². The van der Waals surface area contributed by atoms with E-state index in [0.717, 1.165) is 44.1 Å². The number of carbonyl (C=O) groups excluding carboxylic acids is 1. The smallest absolute Gasteiger partial charge is 0.242 e. The molecule has 2 rings (SSSR count). The van der Waals surface area contributed by atoms with Crippen LogP contribution in [0.4, 0.5) is 0 Å². The molecular weight excluding hydrogens is 264 g/mol. The molecular formula is C16H28N4O. The molecule has 0 unspecified atom stereocenters. The van der Waals surface area contributed by atoms with Gasteiger partial charge in [-0.2, -0.15) is 0 Å². The summed E-state index contributed by atoms with van der Waals surface area (Å²) in [5.41, 5.74) is 2.29. The van der Waals surface area contributed by atoms with E-state index in [-0.39, 0.29) is 11.3 Å². The van der Waals surface area contributed by atoms with Crippen LogP contribution in [0.25, 0.3) is 0 Å². The van der Waals surface area contributed by atoms with Crippen molar-refractivity contribution in [3.63, 3.8) is 0 Å². The minimum atomic E-state index is -0.0547. The summed E-state index contributed by atoms with van der Waals surface area (Å²) >= 11 is 0. The molecule has 1 amide bonds.